The smallest absolute Gasteiger partial charge is 0.256 e. The van der Waals surface area contributed by atoms with Gasteiger partial charge < -0.3 is 15.2 Å². The molecule has 1 fully saturated rings. The van der Waals surface area contributed by atoms with Gasteiger partial charge in [-0.1, -0.05) is 30.1 Å². The van der Waals surface area contributed by atoms with Crippen LogP contribution in [0, 0.1) is 6.92 Å². The van der Waals surface area contributed by atoms with Crippen LogP contribution in [0.25, 0.3) is 5.57 Å². The van der Waals surface area contributed by atoms with Crippen LogP contribution in [0.2, 0.25) is 10.0 Å². The van der Waals surface area contributed by atoms with E-state index in [1.54, 1.807) is 19.2 Å². The lowest BCUT2D eigenvalue weighted by Crippen LogP contribution is -2.51. The van der Waals surface area contributed by atoms with Crippen LogP contribution in [0.5, 0.6) is 0 Å². The number of carbonyl (C=O) groups excluding carboxylic acids is 1. The summed E-state index contributed by atoms with van der Waals surface area (Å²) in [6.45, 7) is 3.94. The molecule has 6 heteroatoms. The molecule has 0 saturated heterocycles. The number of ether oxygens (including phenoxy) is 1. The molecule has 1 amide bonds. The van der Waals surface area contributed by atoms with Crippen molar-refractivity contribution in [1.82, 2.24) is 5.32 Å². The fourth-order valence-corrected chi connectivity index (χ4v) is 4.82. The highest BCUT2D eigenvalue weighted by atomic mass is 35.5. The van der Waals surface area contributed by atoms with Gasteiger partial charge in [0, 0.05) is 17.7 Å². The minimum Gasteiger partial charge on any atom is -0.509 e. The first-order chi connectivity index (χ1) is 11.8. The van der Waals surface area contributed by atoms with Crippen molar-refractivity contribution in [3.63, 3.8) is 0 Å². The molecule has 2 aliphatic rings. The molecule has 1 saturated carbocycles. The number of benzene rings is 1. The number of aliphatic hydroxyl groups excluding tert-OH is 1. The Morgan fingerprint density at radius 2 is 1.88 bits per heavy atom. The summed E-state index contributed by atoms with van der Waals surface area (Å²) >= 11 is 12.4. The van der Waals surface area contributed by atoms with E-state index >= 15 is 0 Å². The number of amides is 1. The van der Waals surface area contributed by atoms with Crippen molar-refractivity contribution in [2.75, 3.05) is 7.11 Å². The first-order valence-corrected chi connectivity index (χ1v) is 9.30. The Kier molecular flexibility index (Phi) is 4.82. The maximum Gasteiger partial charge on any atom is 0.256 e. The second-order valence-corrected chi connectivity index (χ2v) is 7.92. The van der Waals surface area contributed by atoms with Crippen LogP contribution in [-0.4, -0.2) is 29.3 Å². The lowest BCUT2D eigenvalue weighted by atomic mass is 9.72. The van der Waals surface area contributed by atoms with Crippen LogP contribution in [-0.2, 0) is 9.53 Å². The van der Waals surface area contributed by atoms with E-state index in [0.717, 1.165) is 24.8 Å². The maximum absolute atomic E-state index is 12.7. The lowest BCUT2D eigenvalue weighted by molar-refractivity contribution is -0.117. The van der Waals surface area contributed by atoms with Crippen molar-refractivity contribution in [3.8, 4) is 0 Å². The predicted molar refractivity (Wildman–Crippen MR) is 100 cm³/mol. The van der Waals surface area contributed by atoms with Gasteiger partial charge >= 0.3 is 0 Å². The van der Waals surface area contributed by atoms with Crippen LogP contribution in [0.3, 0.4) is 0 Å². The SMILES string of the molecule is CCC1(OC)CCC2(CC1)NC(=O)C(c1c(C)cc(Cl)cc1Cl)=C2O. The summed E-state index contributed by atoms with van der Waals surface area (Å²) in [5.74, 6) is -0.197. The predicted octanol–water partition coefficient (Wildman–Crippen LogP) is 4.81. The minimum atomic E-state index is -0.723. The number of hydrogen-bond acceptors (Lipinski definition) is 3. The normalized spacial score (nSPS) is 29.4. The largest absolute Gasteiger partial charge is 0.509 e. The molecule has 1 aliphatic heterocycles. The molecule has 136 valence electrons. The van der Waals surface area contributed by atoms with Gasteiger partial charge in [0.2, 0.25) is 0 Å². The van der Waals surface area contributed by atoms with Crippen molar-refractivity contribution >= 4 is 34.7 Å². The molecule has 4 nitrogen and oxygen atoms in total. The van der Waals surface area contributed by atoms with Crippen molar-refractivity contribution in [1.29, 1.82) is 0 Å². The topological polar surface area (TPSA) is 58.6 Å². The molecule has 0 bridgehead atoms. The number of halogens is 2. The van der Waals surface area contributed by atoms with Gasteiger partial charge in [0.05, 0.1) is 21.7 Å². The second kappa shape index (κ2) is 6.49. The Labute approximate surface area is 158 Å². The summed E-state index contributed by atoms with van der Waals surface area (Å²) in [5.41, 5.74) is 0.686. The van der Waals surface area contributed by atoms with E-state index in [4.69, 9.17) is 27.9 Å². The van der Waals surface area contributed by atoms with Crippen LogP contribution >= 0.6 is 23.2 Å². The molecule has 3 rings (SSSR count). The summed E-state index contributed by atoms with van der Waals surface area (Å²) in [6.07, 6.45) is 3.75. The summed E-state index contributed by atoms with van der Waals surface area (Å²) in [5, 5.41) is 14.9. The van der Waals surface area contributed by atoms with Gasteiger partial charge in [0.15, 0.2) is 0 Å². The van der Waals surface area contributed by atoms with Crippen molar-refractivity contribution in [2.24, 2.45) is 0 Å². The molecule has 0 atom stereocenters. The summed E-state index contributed by atoms with van der Waals surface area (Å²) in [6, 6.07) is 3.34. The zero-order valence-electron chi connectivity index (χ0n) is 14.7. The standard InChI is InChI=1S/C19H23Cl2NO3/c1-4-18(25-3)5-7-19(8-6-18)16(23)15(17(24)22-19)14-11(2)9-12(20)10-13(14)21/h9-10,23H,4-8H2,1-3H3,(H,22,24). The number of aryl methyl sites for hydroxylation is 1. The van der Waals surface area contributed by atoms with Gasteiger partial charge in [-0.05, 0) is 56.7 Å². The van der Waals surface area contributed by atoms with Crippen molar-refractivity contribution in [3.05, 3.63) is 39.1 Å². The molecule has 0 aromatic heterocycles. The fourth-order valence-electron chi connectivity index (χ4n) is 4.13. The monoisotopic (exact) mass is 383 g/mol. The quantitative estimate of drug-likeness (QED) is 0.787. The van der Waals surface area contributed by atoms with Gasteiger partial charge in [-0.15, -0.1) is 0 Å². The third kappa shape index (κ3) is 2.94. The zero-order chi connectivity index (χ0) is 18.4. The molecule has 2 N–H and O–H groups in total. The highest BCUT2D eigenvalue weighted by Gasteiger charge is 2.51. The van der Waals surface area contributed by atoms with E-state index in [-0.39, 0.29) is 22.8 Å². The number of methoxy groups -OCH3 is 1. The molecular weight excluding hydrogens is 361 g/mol. The van der Waals surface area contributed by atoms with Gasteiger partial charge in [-0.25, -0.2) is 0 Å². The van der Waals surface area contributed by atoms with E-state index in [0.29, 0.717) is 28.5 Å². The zero-order valence-corrected chi connectivity index (χ0v) is 16.2. The van der Waals surface area contributed by atoms with Gasteiger partial charge in [-0.2, -0.15) is 0 Å². The molecular formula is C19H23Cl2NO3. The summed E-state index contributed by atoms with van der Waals surface area (Å²) in [7, 11) is 1.73. The number of rotatable bonds is 3. The molecule has 1 aromatic carbocycles. The highest BCUT2D eigenvalue weighted by molar-refractivity contribution is 6.38. The average molecular weight is 384 g/mol. The lowest BCUT2D eigenvalue weighted by Gasteiger charge is -2.43. The highest BCUT2D eigenvalue weighted by Crippen LogP contribution is 2.47. The molecule has 25 heavy (non-hydrogen) atoms. The summed E-state index contributed by atoms with van der Waals surface area (Å²) < 4.78 is 5.71. The number of aliphatic hydroxyl groups is 1. The molecule has 0 radical (unpaired) electrons. The second-order valence-electron chi connectivity index (χ2n) is 7.08. The van der Waals surface area contributed by atoms with E-state index in [1.807, 2.05) is 6.92 Å². The number of carbonyl (C=O) groups is 1. The molecule has 1 aromatic rings. The van der Waals surface area contributed by atoms with E-state index in [2.05, 4.69) is 12.2 Å². The van der Waals surface area contributed by atoms with E-state index in [9.17, 15) is 9.90 Å². The maximum atomic E-state index is 12.7. The molecule has 0 unspecified atom stereocenters. The van der Waals surface area contributed by atoms with Gasteiger partial charge in [-0.3, -0.25) is 4.79 Å². The number of nitrogens with one attached hydrogen (secondary N) is 1. The van der Waals surface area contributed by atoms with Crippen LogP contribution in [0.4, 0.5) is 0 Å². The fraction of sp³-hybridized carbons (Fsp3) is 0.526. The average Bonchev–Trinajstić information content (AvgIpc) is 2.80. The van der Waals surface area contributed by atoms with Crippen LogP contribution in [0.1, 0.15) is 50.2 Å². The molecule has 1 spiro atoms. The third-order valence-electron chi connectivity index (χ3n) is 5.86. The summed E-state index contributed by atoms with van der Waals surface area (Å²) in [4.78, 5) is 12.7. The van der Waals surface area contributed by atoms with Gasteiger partial charge in [0.1, 0.15) is 5.76 Å². The van der Waals surface area contributed by atoms with Crippen molar-refractivity contribution in [2.45, 2.75) is 57.1 Å². The molecule has 1 aliphatic carbocycles. The Bertz CT molecular complexity index is 720. The van der Waals surface area contributed by atoms with Crippen LogP contribution in [0.15, 0.2) is 17.9 Å². The Hall–Kier alpha value is -1.23. The van der Waals surface area contributed by atoms with Crippen LogP contribution < -0.4 is 5.32 Å². The minimum absolute atomic E-state index is 0.0885. The Morgan fingerprint density at radius 3 is 2.40 bits per heavy atom. The Morgan fingerprint density at radius 1 is 1.24 bits per heavy atom. The number of hydrogen-bond donors (Lipinski definition) is 2. The first kappa shape index (κ1) is 18.6. The van der Waals surface area contributed by atoms with E-state index < -0.39 is 5.54 Å². The third-order valence-corrected chi connectivity index (χ3v) is 6.38. The van der Waals surface area contributed by atoms with Gasteiger partial charge in [0.25, 0.3) is 5.91 Å². The Balaban J connectivity index is 2.02. The first-order valence-electron chi connectivity index (χ1n) is 8.55. The van der Waals surface area contributed by atoms with Crippen molar-refractivity contribution < 1.29 is 14.6 Å². The van der Waals surface area contributed by atoms with E-state index in [1.165, 1.54) is 0 Å². The molecule has 1 heterocycles.